The minimum atomic E-state index is 0.452. The Bertz CT molecular complexity index is 1530. The largest absolute Gasteiger partial charge is 0.383 e. The summed E-state index contributed by atoms with van der Waals surface area (Å²) < 4.78 is 2.10. The molecule has 0 amide bonds. The fourth-order valence-corrected chi connectivity index (χ4v) is 5.62. The van der Waals surface area contributed by atoms with Gasteiger partial charge in [0.2, 0.25) is 0 Å². The van der Waals surface area contributed by atoms with Crippen LogP contribution in [0.2, 0.25) is 0 Å². The first-order valence-electron chi connectivity index (χ1n) is 11.3. The second kappa shape index (κ2) is 7.18. The van der Waals surface area contributed by atoms with Crippen molar-refractivity contribution in [3.8, 4) is 27.8 Å². The van der Waals surface area contributed by atoms with Gasteiger partial charge in [0.1, 0.15) is 22.0 Å². The SMILES string of the molecule is Nc1ncccc1-c1nc2ccc(-c3nnc(C4CC4)s3)nc2n1-c1ccc2c(c1)CCC2. The lowest BCUT2D eigenvalue weighted by atomic mass is 10.1. The fourth-order valence-electron chi connectivity index (χ4n) is 4.64. The van der Waals surface area contributed by atoms with Crippen LogP contribution in [0.15, 0.2) is 48.7 Å². The molecule has 2 aliphatic carbocycles. The van der Waals surface area contributed by atoms with Crippen LogP contribution in [0.3, 0.4) is 0 Å². The maximum atomic E-state index is 6.27. The van der Waals surface area contributed by atoms with Crippen LogP contribution < -0.4 is 5.73 Å². The minimum Gasteiger partial charge on any atom is -0.383 e. The van der Waals surface area contributed by atoms with E-state index in [0.717, 1.165) is 56.8 Å². The van der Waals surface area contributed by atoms with Crippen molar-refractivity contribution in [2.75, 3.05) is 5.73 Å². The first-order valence-corrected chi connectivity index (χ1v) is 12.1. The number of hydrogen-bond donors (Lipinski definition) is 1. The van der Waals surface area contributed by atoms with E-state index >= 15 is 0 Å². The van der Waals surface area contributed by atoms with E-state index in [1.54, 1.807) is 17.5 Å². The number of aryl methyl sites for hydroxylation is 2. The Morgan fingerprint density at radius 1 is 0.970 bits per heavy atom. The highest BCUT2D eigenvalue weighted by Gasteiger charge is 2.28. The second-order valence-electron chi connectivity index (χ2n) is 8.77. The Hall–Kier alpha value is -3.65. The van der Waals surface area contributed by atoms with Gasteiger partial charge < -0.3 is 5.73 Å². The van der Waals surface area contributed by atoms with E-state index in [0.29, 0.717) is 11.7 Å². The van der Waals surface area contributed by atoms with Crippen molar-refractivity contribution in [2.24, 2.45) is 0 Å². The predicted octanol–water partition coefficient (Wildman–Crippen LogP) is 4.95. The van der Waals surface area contributed by atoms with E-state index in [1.165, 1.54) is 30.4 Å². The molecule has 1 fully saturated rings. The molecular weight excluding hydrogens is 430 g/mol. The minimum absolute atomic E-state index is 0.452. The van der Waals surface area contributed by atoms with Crippen LogP contribution in [0.25, 0.3) is 38.9 Å². The zero-order chi connectivity index (χ0) is 21.9. The Kier molecular flexibility index (Phi) is 4.11. The van der Waals surface area contributed by atoms with E-state index in [4.69, 9.17) is 15.7 Å². The molecule has 7 nitrogen and oxygen atoms in total. The highest BCUT2D eigenvalue weighted by molar-refractivity contribution is 7.14. The van der Waals surface area contributed by atoms with Crippen LogP contribution in [0.1, 0.15) is 41.3 Å². The number of nitrogens with two attached hydrogens (primary N) is 1. The highest BCUT2D eigenvalue weighted by Crippen LogP contribution is 2.42. The van der Waals surface area contributed by atoms with Gasteiger partial charge in [-0.25, -0.2) is 15.0 Å². The van der Waals surface area contributed by atoms with E-state index in [1.807, 2.05) is 24.3 Å². The maximum absolute atomic E-state index is 6.27. The molecule has 0 spiro atoms. The summed E-state index contributed by atoms with van der Waals surface area (Å²) in [4.78, 5) is 14.3. The topological polar surface area (TPSA) is 95.4 Å². The van der Waals surface area contributed by atoms with Gasteiger partial charge in [-0.1, -0.05) is 17.4 Å². The summed E-state index contributed by atoms with van der Waals surface area (Å²) in [6, 6.07) is 14.5. The fraction of sp³-hybridized carbons (Fsp3) is 0.240. The number of imidazole rings is 1. The summed E-state index contributed by atoms with van der Waals surface area (Å²) in [6.07, 6.45) is 7.57. The number of anilines is 1. The Morgan fingerprint density at radius 2 is 1.88 bits per heavy atom. The molecule has 2 aliphatic rings. The molecular formula is C25H21N7S. The number of benzene rings is 1. The third kappa shape index (κ3) is 3.13. The lowest BCUT2D eigenvalue weighted by molar-refractivity contribution is 0.911. The molecule has 0 atom stereocenters. The summed E-state index contributed by atoms with van der Waals surface area (Å²) in [6.45, 7) is 0. The van der Waals surface area contributed by atoms with Crippen LogP contribution in [0, 0.1) is 0 Å². The molecule has 0 aliphatic heterocycles. The zero-order valence-corrected chi connectivity index (χ0v) is 18.7. The Morgan fingerprint density at radius 3 is 2.76 bits per heavy atom. The normalized spacial score (nSPS) is 15.3. The van der Waals surface area contributed by atoms with E-state index in [2.05, 4.69) is 37.9 Å². The summed E-state index contributed by atoms with van der Waals surface area (Å²) in [5.41, 5.74) is 13.3. The first kappa shape index (κ1) is 18.9. The molecule has 4 heterocycles. The number of aromatic nitrogens is 6. The van der Waals surface area contributed by atoms with Gasteiger partial charge in [-0.3, -0.25) is 4.57 Å². The summed E-state index contributed by atoms with van der Waals surface area (Å²) in [5.74, 6) is 1.78. The van der Waals surface area contributed by atoms with Crippen LogP contribution in [-0.4, -0.2) is 29.7 Å². The number of pyridine rings is 2. The molecule has 1 aromatic carbocycles. The molecule has 162 valence electrons. The van der Waals surface area contributed by atoms with Crippen molar-refractivity contribution in [2.45, 2.75) is 38.0 Å². The zero-order valence-electron chi connectivity index (χ0n) is 17.9. The van der Waals surface area contributed by atoms with Gasteiger partial charge in [-0.15, -0.1) is 10.2 Å². The van der Waals surface area contributed by atoms with Crippen molar-refractivity contribution in [3.63, 3.8) is 0 Å². The number of nitrogen functional groups attached to an aromatic ring is 1. The number of fused-ring (bicyclic) bond motifs is 2. The molecule has 2 N–H and O–H groups in total. The smallest absolute Gasteiger partial charge is 0.166 e. The summed E-state index contributed by atoms with van der Waals surface area (Å²) >= 11 is 1.64. The van der Waals surface area contributed by atoms with Crippen molar-refractivity contribution < 1.29 is 0 Å². The van der Waals surface area contributed by atoms with Crippen LogP contribution >= 0.6 is 11.3 Å². The van der Waals surface area contributed by atoms with Crippen molar-refractivity contribution >= 4 is 28.3 Å². The average molecular weight is 452 g/mol. The number of nitrogens with zero attached hydrogens (tertiary/aromatic N) is 6. The maximum Gasteiger partial charge on any atom is 0.166 e. The quantitative estimate of drug-likeness (QED) is 0.415. The molecule has 0 radical (unpaired) electrons. The molecule has 0 bridgehead atoms. The molecule has 0 saturated heterocycles. The predicted molar refractivity (Wildman–Crippen MR) is 129 cm³/mol. The molecule has 33 heavy (non-hydrogen) atoms. The van der Waals surface area contributed by atoms with Crippen molar-refractivity contribution in [3.05, 3.63) is 64.8 Å². The van der Waals surface area contributed by atoms with Crippen LogP contribution in [0.5, 0.6) is 0 Å². The third-order valence-electron chi connectivity index (χ3n) is 6.51. The Balaban J connectivity index is 1.46. The molecule has 4 aromatic heterocycles. The standard InChI is InChI=1S/C25H21N7S/c26-21-18(5-2-12-27-21)22-28-19-10-11-20(25-31-30-24(33-25)15-6-7-15)29-23(19)32(22)17-9-8-14-3-1-4-16(14)13-17/h2,5,8-13,15H,1,3-4,6-7H2,(H2,26,27). The van der Waals surface area contributed by atoms with Crippen LogP contribution in [0.4, 0.5) is 5.82 Å². The van der Waals surface area contributed by atoms with Crippen molar-refractivity contribution in [1.82, 2.24) is 29.7 Å². The van der Waals surface area contributed by atoms with Gasteiger partial charge in [0.25, 0.3) is 0 Å². The van der Waals surface area contributed by atoms with Crippen molar-refractivity contribution in [1.29, 1.82) is 0 Å². The molecule has 5 aromatic rings. The average Bonchev–Trinajstić information content (AvgIpc) is 3.23. The van der Waals surface area contributed by atoms with Gasteiger partial charge >= 0.3 is 0 Å². The lowest BCUT2D eigenvalue weighted by Crippen LogP contribution is -2.03. The van der Waals surface area contributed by atoms with E-state index in [-0.39, 0.29) is 0 Å². The monoisotopic (exact) mass is 451 g/mol. The van der Waals surface area contributed by atoms with E-state index in [9.17, 15) is 0 Å². The lowest BCUT2D eigenvalue weighted by Gasteiger charge is -2.12. The molecule has 8 heteroatoms. The van der Waals surface area contributed by atoms with Crippen LogP contribution in [-0.2, 0) is 12.8 Å². The summed E-state index contributed by atoms with van der Waals surface area (Å²) in [7, 11) is 0. The first-order chi connectivity index (χ1) is 16.2. The van der Waals surface area contributed by atoms with Gasteiger partial charge in [-0.05, 0) is 79.6 Å². The van der Waals surface area contributed by atoms with Gasteiger partial charge in [0, 0.05) is 17.8 Å². The van der Waals surface area contributed by atoms with Gasteiger partial charge in [-0.2, -0.15) is 0 Å². The third-order valence-corrected chi connectivity index (χ3v) is 7.62. The number of rotatable bonds is 4. The molecule has 7 rings (SSSR count). The Labute approximate surface area is 194 Å². The second-order valence-corrected chi connectivity index (χ2v) is 9.78. The van der Waals surface area contributed by atoms with Gasteiger partial charge in [0.05, 0.1) is 5.56 Å². The van der Waals surface area contributed by atoms with E-state index < -0.39 is 0 Å². The molecule has 1 saturated carbocycles. The highest BCUT2D eigenvalue weighted by atomic mass is 32.1. The summed E-state index contributed by atoms with van der Waals surface area (Å²) in [5, 5.41) is 10.8. The molecule has 0 unspecified atom stereocenters. The van der Waals surface area contributed by atoms with Gasteiger partial charge in [0.15, 0.2) is 16.5 Å². The number of hydrogen-bond acceptors (Lipinski definition) is 7.